The second-order valence-electron chi connectivity index (χ2n) is 29.0. The summed E-state index contributed by atoms with van der Waals surface area (Å²) in [5, 5.41) is 43.9. The Balaban J connectivity index is 0.000000198. The van der Waals surface area contributed by atoms with E-state index in [2.05, 4.69) is 69.7 Å². The predicted molar refractivity (Wildman–Crippen MR) is 527 cm³/mol. The van der Waals surface area contributed by atoms with E-state index in [1.165, 1.54) is 26.3 Å². The quantitative estimate of drug-likeness (QED) is 0.0169. The van der Waals surface area contributed by atoms with E-state index in [4.69, 9.17) is 29.9 Å². The van der Waals surface area contributed by atoms with Gasteiger partial charge in [0.2, 0.25) is 5.78 Å². The van der Waals surface area contributed by atoms with Gasteiger partial charge in [0.25, 0.3) is 5.78 Å². The van der Waals surface area contributed by atoms with E-state index in [1.807, 2.05) is 197 Å². The third-order valence-corrected chi connectivity index (χ3v) is 18.5. The van der Waals surface area contributed by atoms with Crippen LogP contribution < -0.4 is 0 Å². The molecule has 0 saturated carbocycles. The Hall–Kier alpha value is -18.9. The lowest BCUT2D eigenvalue weighted by Gasteiger charge is -2.10. The van der Waals surface area contributed by atoms with Gasteiger partial charge in [0.05, 0.1) is 34.5 Å². The fourth-order valence-corrected chi connectivity index (χ4v) is 12.1. The molecule has 0 aliphatic rings. The van der Waals surface area contributed by atoms with Gasteiger partial charge in [-0.15, -0.1) is 0 Å². The van der Waals surface area contributed by atoms with Crippen LogP contribution in [0, 0.1) is 43.4 Å². The molecule has 0 spiro atoms. The fraction of sp³-hybridized carbons (Fsp3) is 0.0804. The lowest BCUT2D eigenvalue weighted by molar-refractivity contribution is -0.143. The van der Waals surface area contributed by atoms with E-state index in [-0.39, 0.29) is 46.4 Å². The number of aryl methyl sites for hydroxylation is 3. The lowest BCUT2D eigenvalue weighted by Crippen LogP contribution is -2.17. The number of rotatable bonds is 25. The molecule has 0 unspecified atom stereocenters. The van der Waals surface area contributed by atoms with Crippen molar-refractivity contribution in [1.82, 2.24) is 0 Å². The average Bonchev–Trinajstić information content (AvgIpc) is 0.766. The summed E-state index contributed by atoms with van der Waals surface area (Å²) in [4.78, 5) is 150. The maximum atomic E-state index is 12.4. The lowest BCUT2D eigenvalue weighted by atomic mass is 9.97. The minimum absolute atomic E-state index is 0.0759. The first-order valence-corrected chi connectivity index (χ1v) is 42.5. The summed E-state index contributed by atoms with van der Waals surface area (Å²) in [5.74, 6) is -5.41. The van der Waals surface area contributed by atoms with Crippen molar-refractivity contribution in [1.29, 1.82) is 10.5 Å². The molecule has 14 aromatic carbocycles. The number of carbonyl (C=O) groups excluding carboxylic acids is 10. The minimum Gasteiger partial charge on any atom is -0.318 e. The molecule has 0 aromatic heterocycles. The van der Waals surface area contributed by atoms with Gasteiger partial charge in [-0.3, -0.25) is 14.4 Å². The maximum absolute atomic E-state index is 12.4. The number of Topliss-reactive ketones (excluding diaryl/α,β-unsaturated/α-hetero) is 3. The van der Waals surface area contributed by atoms with E-state index in [1.54, 1.807) is 237 Å². The van der Waals surface area contributed by atoms with Gasteiger partial charge in [-0.2, -0.15) is 10.5 Å². The number of carbonyl (C=O) groups is 10. The molecule has 0 heterocycles. The third-order valence-electron chi connectivity index (χ3n) is 18.5. The maximum Gasteiger partial charge on any atom is 0.405 e. The van der Waals surface area contributed by atoms with Crippen LogP contribution in [0.2, 0.25) is 0 Å². The summed E-state index contributed by atoms with van der Waals surface area (Å²) < 4.78 is 0. The zero-order chi connectivity index (χ0) is 99.0. The van der Waals surface area contributed by atoms with Crippen molar-refractivity contribution in [3.05, 3.63) is 501 Å². The first kappa shape index (κ1) is 104. The van der Waals surface area contributed by atoms with Crippen LogP contribution in [0.1, 0.15) is 153 Å². The zero-order valence-corrected chi connectivity index (χ0v) is 76.4. The van der Waals surface area contributed by atoms with E-state index in [0.717, 1.165) is 38.9 Å². The molecule has 0 atom stereocenters. The molecule has 0 amide bonds. The van der Waals surface area contributed by atoms with Gasteiger partial charge in [0.15, 0.2) is 28.6 Å². The second-order valence-corrected chi connectivity index (χ2v) is 29.0. The van der Waals surface area contributed by atoms with Crippen molar-refractivity contribution in [2.24, 2.45) is 36.1 Å². The largest absolute Gasteiger partial charge is 0.405 e. The highest BCUT2D eigenvalue weighted by molar-refractivity contribution is 6.51. The van der Waals surface area contributed by atoms with E-state index in [0.29, 0.717) is 61.6 Å². The molecular weight excluding hydrogens is 1740 g/mol. The Kier molecular flexibility index (Phi) is 43.9. The summed E-state index contributed by atoms with van der Waals surface area (Å²) >= 11 is 0. The molecule has 14 rings (SSSR count). The summed E-state index contributed by atoms with van der Waals surface area (Å²) in [5.41, 5.74) is 14.7. The summed E-state index contributed by atoms with van der Waals surface area (Å²) in [7, 11) is 0. The highest BCUT2D eigenvalue weighted by Crippen LogP contribution is 2.20. The van der Waals surface area contributed by atoms with E-state index < -0.39 is 47.6 Å². The van der Waals surface area contributed by atoms with Crippen LogP contribution in [0.3, 0.4) is 0 Å². The smallest absolute Gasteiger partial charge is 0.318 e. The Morgan fingerprint density at radius 1 is 0.261 bits per heavy atom. The van der Waals surface area contributed by atoms with Crippen LogP contribution in [0.5, 0.6) is 0 Å². The van der Waals surface area contributed by atoms with Crippen LogP contribution in [-0.4, -0.2) is 99.1 Å². The molecule has 0 aliphatic carbocycles. The molecule has 0 radical (unpaired) electrons. The Morgan fingerprint density at radius 2 is 0.536 bits per heavy atom. The zero-order valence-electron chi connectivity index (χ0n) is 76.4. The van der Waals surface area contributed by atoms with Crippen LogP contribution in [0.15, 0.2) is 443 Å². The standard InChI is InChI=1S/C20H15NO2.C18H19NO2.C16H12N2O2.3C16H13NO3.C10H8N2O2/c22-20(18-14-8-3-9-15-18)23-21-19(16-10-4-1-5-11-16)17-12-6-2-7-13-17;1-12-10-13(2)17(14(3)11-12)15(4)19-21-18(20)16-8-6-5-7-9-16;17-12-15(14-9-5-2-6-10-14)18-20-16(19)11-13-7-3-1-4-8-13;1-12(18)20-17-15(13-8-4-2-5-9-13)16(19)14-10-6-3-7-11-14;1-12(18)15(13-8-4-2-5-9-13)17-20-16(19)14-10-6-3-7-11-14;1-12(13-8-4-2-5-9-13)17-20-16(19)15(18)14-10-6-3-7-11-14;1-8(13)14-12-10(7-11)9-5-3-2-4-6-9/h1-15H;5-11H,1-4H3;1-10H,11H2;3*2-11H,1H3;2-6H,1H3/b;19-15+;18-15+;17-15-;17-15+;17-12+;12-10+. The Morgan fingerprint density at radius 3 is 0.891 bits per heavy atom. The van der Waals surface area contributed by atoms with E-state index in [9.17, 15) is 47.9 Å². The second kappa shape index (κ2) is 58.0. The minimum atomic E-state index is -0.994. The van der Waals surface area contributed by atoms with Gasteiger partial charge in [0, 0.05) is 70.8 Å². The van der Waals surface area contributed by atoms with Gasteiger partial charge >= 0.3 is 41.8 Å². The Labute approximate surface area is 798 Å². The molecule has 0 fully saturated rings. The highest BCUT2D eigenvalue weighted by Gasteiger charge is 2.21. The van der Waals surface area contributed by atoms with E-state index >= 15 is 0 Å². The number of benzene rings is 14. The number of hydrogen-bond donors (Lipinski definition) is 0. The number of oxime groups is 7. The van der Waals surface area contributed by atoms with Crippen LogP contribution in [0.4, 0.5) is 0 Å². The first-order valence-electron chi connectivity index (χ1n) is 42.5. The molecule has 0 N–H and O–H groups in total. The van der Waals surface area contributed by atoms with Gasteiger partial charge < -0.3 is 33.9 Å². The van der Waals surface area contributed by atoms with Crippen LogP contribution >= 0.6 is 0 Å². The van der Waals surface area contributed by atoms with Crippen molar-refractivity contribution >= 4 is 99.1 Å². The fourth-order valence-electron chi connectivity index (χ4n) is 12.1. The van der Waals surface area contributed by atoms with Crippen LogP contribution in [-0.2, 0) is 64.3 Å². The molecular formula is C112H93N9O17. The molecule has 14 aromatic rings. The average molecular weight is 1840 g/mol. The molecule has 138 heavy (non-hydrogen) atoms. The van der Waals surface area contributed by atoms with Gasteiger partial charge in [-0.1, -0.05) is 412 Å². The Bertz CT molecular complexity index is 6630. The van der Waals surface area contributed by atoms with Crippen molar-refractivity contribution in [3.8, 4) is 12.1 Å². The summed E-state index contributed by atoms with van der Waals surface area (Å²) in [6.45, 7) is 13.5. The number of ketones is 3. The topological polar surface area (TPSA) is 369 Å². The SMILES string of the molecule is C/C(=N\OC(=O)C(=O)c1ccccc1)c1ccccc1.C/C(=N\OC(=O)c1ccccc1)c1c(C)cc(C)cc1C.CC(=O)/C(=N\OC(=O)c1ccccc1)c1ccccc1.CC(=O)O/N=C(\C#N)c1ccccc1.CC(=O)O/N=C(\C(=O)c1ccccc1)c1ccccc1.N#C/C(=N\OC(=O)Cc1ccccc1)c1ccccc1.O=C(ON=C(c1ccccc1)c1ccccc1)c1ccccc1. The number of hydrogen-bond acceptors (Lipinski definition) is 26. The highest BCUT2D eigenvalue weighted by atomic mass is 16.7. The molecule has 0 bridgehead atoms. The molecule has 26 nitrogen and oxygen atoms in total. The normalized spacial score (nSPS) is 10.7. The molecule has 0 saturated heterocycles. The summed E-state index contributed by atoms with van der Waals surface area (Å²) in [6.07, 6.45) is 0.123. The number of nitriles is 2. The molecule has 0 aliphatic heterocycles. The summed E-state index contributed by atoms with van der Waals surface area (Å²) in [6, 6.07) is 124. The van der Waals surface area contributed by atoms with Crippen molar-refractivity contribution < 1.29 is 81.8 Å². The molecule has 688 valence electrons. The van der Waals surface area contributed by atoms with Crippen molar-refractivity contribution in [3.63, 3.8) is 0 Å². The van der Waals surface area contributed by atoms with Gasteiger partial charge in [0.1, 0.15) is 17.9 Å². The van der Waals surface area contributed by atoms with Crippen LogP contribution in [0.25, 0.3) is 0 Å². The van der Waals surface area contributed by atoms with Crippen molar-refractivity contribution in [2.45, 2.75) is 61.8 Å². The van der Waals surface area contributed by atoms with Gasteiger partial charge in [-0.25, -0.2) is 33.6 Å². The third kappa shape index (κ3) is 36.4. The van der Waals surface area contributed by atoms with Crippen molar-refractivity contribution in [2.75, 3.05) is 0 Å². The predicted octanol–water partition coefficient (Wildman–Crippen LogP) is 21.2. The molecule has 26 heteroatoms. The monoisotopic (exact) mass is 1840 g/mol. The number of nitrogens with zero attached hydrogens (tertiary/aromatic N) is 9. The van der Waals surface area contributed by atoms with Gasteiger partial charge in [-0.05, 0) is 93.3 Å². The first-order chi connectivity index (χ1) is 66.9.